The number of ether oxygens (including phenoxy) is 1. The number of benzene rings is 3. The van der Waals surface area contributed by atoms with Crippen LogP contribution in [0.4, 0.5) is 11.4 Å². The number of thioether (sulfide) groups is 1. The van der Waals surface area contributed by atoms with Gasteiger partial charge in [0.1, 0.15) is 11.3 Å². The maximum Gasteiger partial charge on any atom is 0.339 e. The number of amidine groups is 1. The lowest BCUT2D eigenvalue weighted by atomic mass is 10.1. The SMILES string of the molecule is CCOc1ccc(/C=C2\SC(=Nc3ccccc3)N(c3ccccc3)C2=O)cc1C(=O)O. The highest BCUT2D eigenvalue weighted by atomic mass is 32.2. The van der Waals surface area contributed by atoms with Crippen LogP contribution in [0.25, 0.3) is 6.08 Å². The number of anilines is 1. The van der Waals surface area contributed by atoms with Crippen molar-refractivity contribution in [1.82, 2.24) is 0 Å². The number of rotatable bonds is 6. The summed E-state index contributed by atoms with van der Waals surface area (Å²) in [6.45, 7) is 2.15. The van der Waals surface area contributed by atoms with Gasteiger partial charge in [0.2, 0.25) is 0 Å². The Morgan fingerprint density at radius 3 is 2.41 bits per heavy atom. The minimum absolute atomic E-state index is 0.0507. The third-order valence-corrected chi connectivity index (χ3v) is 5.60. The fourth-order valence-corrected chi connectivity index (χ4v) is 4.20. The van der Waals surface area contributed by atoms with Crippen LogP contribution in [0.5, 0.6) is 5.75 Å². The Bertz CT molecular complexity index is 1210. The maximum absolute atomic E-state index is 13.3. The van der Waals surface area contributed by atoms with Gasteiger partial charge in [0.05, 0.1) is 22.9 Å². The zero-order chi connectivity index (χ0) is 22.5. The van der Waals surface area contributed by atoms with E-state index in [2.05, 4.69) is 4.99 Å². The largest absolute Gasteiger partial charge is 0.493 e. The molecule has 6 nitrogen and oxygen atoms in total. The lowest BCUT2D eigenvalue weighted by Gasteiger charge is -2.15. The summed E-state index contributed by atoms with van der Waals surface area (Å²) in [5.74, 6) is -1.01. The van der Waals surface area contributed by atoms with E-state index in [-0.39, 0.29) is 11.5 Å². The molecule has 1 amide bonds. The molecule has 1 aliphatic heterocycles. The number of carboxylic acids is 1. The van der Waals surface area contributed by atoms with Crippen molar-refractivity contribution in [1.29, 1.82) is 0 Å². The van der Waals surface area contributed by atoms with Crippen LogP contribution >= 0.6 is 11.8 Å². The molecular formula is C25H20N2O4S. The van der Waals surface area contributed by atoms with Gasteiger partial charge in [0, 0.05) is 0 Å². The van der Waals surface area contributed by atoms with Gasteiger partial charge in [-0.25, -0.2) is 9.79 Å². The molecule has 0 saturated carbocycles. The van der Waals surface area contributed by atoms with E-state index >= 15 is 0 Å². The molecule has 32 heavy (non-hydrogen) atoms. The van der Waals surface area contributed by atoms with Crippen molar-refractivity contribution in [2.45, 2.75) is 6.92 Å². The fourth-order valence-electron chi connectivity index (χ4n) is 3.20. The Kier molecular flexibility index (Phi) is 6.37. The van der Waals surface area contributed by atoms with Gasteiger partial charge < -0.3 is 9.84 Å². The molecule has 7 heteroatoms. The molecule has 3 aromatic rings. The number of aromatic carboxylic acids is 1. The summed E-state index contributed by atoms with van der Waals surface area (Å²) >= 11 is 1.25. The van der Waals surface area contributed by atoms with E-state index in [9.17, 15) is 14.7 Å². The Morgan fingerprint density at radius 1 is 1.06 bits per heavy atom. The van der Waals surface area contributed by atoms with Crippen LogP contribution in [-0.2, 0) is 4.79 Å². The van der Waals surface area contributed by atoms with Gasteiger partial charge in [-0.3, -0.25) is 9.69 Å². The number of carboxylic acid groups (broad SMARTS) is 1. The molecule has 0 bridgehead atoms. The Morgan fingerprint density at radius 2 is 1.75 bits per heavy atom. The quantitative estimate of drug-likeness (QED) is 0.501. The van der Waals surface area contributed by atoms with Crippen molar-refractivity contribution in [3.05, 3.63) is 94.9 Å². The molecule has 0 radical (unpaired) electrons. The molecule has 0 aliphatic carbocycles. The lowest BCUT2D eigenvalue weighted by molar-refractivity contribution is -0.113. The van der Waals surface area contributed by atoms with E-state index in [1.807, 2.05) is 60.7 Å². The normalized spacial score (nSPS) is 16.0. The number of hydrogen-bond donors (Lipinski definition) is 1. The molecule has 0 atom stereocenters. The van der Waals surface area contributed by atoms with Crippen LogP contribution < -0.4 is 9.64 Å². The van der Waals surface area contributed by atoms with Crippen molar-refractivity contribution in [3.8, 4) is 5.75 Å². The summed E-state index contributed by atoms with van der Waals surface area (Å²) in [4.78, 5) is 31.6. The topological polar surface area (TPSA) is 79.2 Å². The van der Waals surface area contributed by atoms with Gasteiger partial charge in [-0.05, 0) is 66.7 Å². The van der Waals surface area contributed by atoms with Crippen molar-refractivity contribution < 1.29 is 19.4 Å². The van der Waals surface area contributed by atoms with Crippen LogP contribution in [0.15, 0.2) is 88.8 Å². The first-order valence-corrected chi connectivity index (χ1v) is 10.8. The number of nitrogens with zero attached hydrogens (tertiary/aromatic N) is 2. The van der Waals surface area contributed by atoms with Crippen molar-refractivity contribution in [3.63, 3.8) is 0 Å². The zero-order valence-corrected chi connectivity index (χ0v) is 18.1. The molecule has 1 heterocycles. The second-order valence-electron chi connectivity index (χ2n) is 6.81. The smallest absolute Gasteiger partial charge is 0.339 e. The molecular weight excluding hydrogens is 424 g/mol. The van der Waals surface area contributed by atoms with Gasteiger partial charge in [-0.1, -0.05) is 42.5 Å². The van der Waals surface area contributed by atoms with Crippen molar-refractivity contribution >= 4 is 46.3 Å². The van der Waals surface area contributed by atoms with Gasteiger partial charge in [0.15, 0.2) is 5.17 Å². The van der Waals surface area contributed by atoms with Gasteiger partial charge in [0.25, 0.3) is 5.91 Å². The summed E-state index contributed by atoms with van der Waals surface area (Å²) in [6, 6.07) is 23.6. The molecule has 160 valence electrons. The summed E-state index contributed by atoms with van der Waals surface area (Å²) < 4.78 is 5.40. The minimum atomic E-state index is -1.09. The Balaban J connectivity index is 1.75. The first kappa shape index (κ1) is 21.4. The van der Waals surface area contributed by atoms with Crippen molar-refractivity contribution in [2.24, 2.45) is 4.99 Å². The molecule has 1 saturated heterocycles. The molecule has 0 spiro atoms. The van der Waals surface area contributed by atoms with E-state index in [1.165, 1.54) is 17.8 Å². The highest BCUT2D eigenvalue weighted by molar-refractivity contribution is 8.19. The summed E-state index contributed by atoms with van der Waals surface area (Å²) in [5.41, 5.74) is 2.09. The number of para-hydroxylation sites is 2. The van der Waals surface area contributed by atoms with Crippen LogP contribution in [0, 0.1) is 0 Å². The number of carbonyl (C=O) groups is 2. The summed E-state index contributed by atoms with van der Waals surface area (Å²) in [6.07, 6.45) is 1.68. The minimum Gasteiger partial charge on any atom is -0.493 e. The van der Waals surface area contributed by atoms with Crippen LogP contribution in [0.2, 0.25) is 0 Å². The average Bonchev–Trinajstić information content (AvgIpc) is 3.10. The number of carbonyl (C=O) groups excluding carboxylic acids is 1. The van der Waals surface area contributed by atoms with E-state index in [0.29, 0.717) is 33.7 Å². The van der Waals surface area contributed by atoms with Gasteiger partial charge >= 0.3 is 5.97 Å². The predicted octanol–water partition coefficient (Wildman–Crippen LogP) is 5.59. The summed E-state index contributed by atoms with van der Waals surface area (Å²) in [5, 5.41) is 10.1. The highest BCUT2D eigenvalue weighted by Crippen LogP contribution is 2.37. The first-order valence-electron chi connectivity index (χ1n) is 9.99. The Hall–Kier alpha value is -3.84. The third-order valence-electron chi connectivity index (χ3n) is 4.63. The molecule has 1 N–H and O–H groups in total. The highest BCUT2D eigenvalue weighted by Gasteiger charge is 2.34. The van der Waals surface area contributed by atoms with E-state index in [4.69, 9.17) is 4.74 Å². The molecule has 0 aromatic heterocycles. The molecule has 0 unspecified atom stereocenters. The number of aliphatic imine (C=N–C) groups is 1. The molecule has 1 aliphatic rings. The lowest BCUT2D eigenvalue weighted by Crippen LogP contribution is -2.28. The zero-order valence-electron chi connectivity index (χ0n) is 17.3. The molecule has 1 fully saturated rings. The van der Waals surface area contributed by atoms with E-state index in [1.54, 1.807) is 30.0 Å². The maximum atomic E-state index is 13.3. The Labute approximate surface area is 189 Å². The molecule has 4 rings (SSSR count). The standard InChI is InChI=1S/C25H20N2O4S/c1-2-31-21-14-13-17(15-20(21)24(29)30)16-22-23(28)27(19-11-7-4-8-12-19)25(32-22)26-18-9-5-3-6-10-18/h3-16H,2H2,1H3,(H,29,30)/b22-16-,26-25?. The van der Waals surface area contributed by atoms with Crippen LogP contribution in [0.1, 0.15) is 22.8 Å². The van der Waals surface area contributed by atoms with E-state index < -0.39 is 5.97 Å². The average molecular weight is 445 g/mol. The molecule has 3 aromatic carbocycles. The second-order valence-corrected chi connectivity index (χ2v) is 7.82. The fraction of sp³-hybridized carbons (Fsp3) is 0.0800. The summed E-state index contributed by atoms with van der Waals surface area (Å²) in [7, 11) is 0. The predicted molar refractivity (Wildman–Crippen MR) is 128 cm³/mol. The second kappa shape index (κ2) is 9.53. The first-order chi connectivity index (χ1) is 15.6. The van der Waals surface area contributed by atoms with Gasteiger partial charge in [-0.2, -0.15) is 0 Å². The number of hydrogen-bond acceptors (Lipinski definition) is 5. The number of amides is 1. The third kappa shape index (κ3) is 4.58. The van der Waals surface area contributed by atoms with Crippen molar-refractivity contribution in [2.75, 3.05) is 11.5 Å². The van der Waals surface area contributed by atoms with Crippen LogP contribution in [-0.4, -0.2) is 28.8 Å². The van der Waals surface area contributed by atoms with Gasteiger partial charge in [-0.15, -0.1) is 0 Å². The van der Waals surface area contributed by atoms with Crippen LogP contribution in [0.3, 0.4) is 0 Å². The monoisotopic (exact) mass is 444 g/mol. The van der Waals surface area contributed by atoms with E-state index in [0.717, 1.165) is 5.69 Å².